The molecule has 4 nitrogen and oxygen atoms in total. The topological polar surface area (TPSA) is 55.4 Å². The van der Waals surface area contributed by atoms with Crippen molar-refractivity contribution in [3.8, 4) is 0 Å². The number of carbonyl (C=O) groups excluding carboxylic acids is 2. The molecule has 0 saturated heterocycles. The Morgan fingerprint density at radius 3 is 2.59 bits per heavy atom. The van der Waals surface area contributed by atoms with Gasteiger partial charge in [0.2, 0.25) is 5.91 Å². The third-order valence-corrected chi connectivity index (χ3v) is 6.08. The van der Waals surface area contributed by atoms with E-state index in [9.17, 15) is 9.59 Å². The summed E-state index contributed by atoms with van der Waals surface area (Å²) in [5.41, 5.74) is 2.62. The molecule has 2 atom stereocenters. The molecule has 1 amide bonds. The molecular weight excluding hydrogens is 362 g/mol. The van der Waals surface area contributed by atoms with Gasteiger partial charge in [0.25, 0.3) is 0 Å². The molecule has 150 valence electrons. The Morgan fingerprint density at radius 1 is 1.10 bits per heavy atom. The predicted octanol–water partition coefficient (Wildman–Crippen LogP) is 5.01. The van der Waals surface area contributed by atoms with Gasteiger partial charge in [0.15, 0.2) is 5.41 Å². The van der Waals surface area contributed by atoms with E-state index in [1.165, 1.54) is 5.57 Å². The van der Waals surface area contributed by atoms with Crippen molar-refractivity contribution in [3.63, 3.8) is 0 Å². The van der Waals surface area contributed by atoms with E-state index in [1.54, 1.807) is 6.92 Å². The predicted molar refractivity (Wildman–Crippen MR) is 114 cm³/mol. The van der Waals surface area contributed by atoms with Crippen LogP contribution in [0.5, 0.6) is 0 Å². The second-order valence-electron chi connectivity index (χ2n) is 7.85. The van der Waals surface area contributed by atoms with Crippen LogP contribution in [0.4, 0.5) is 5.69 Å². The number of carbonyl (C=O) groups is 2. The zero-order valence-corrected chi connectivity index (χ0v) is 16.8. The van der Waals surface area contributed by atoms with Crippen molar-refractivity contribution in [2.75, 3.05) is 11.9 Å². The van der Waals surface area contributed by atoms with Crippen molar-refractivity contribution in [1.29, 1.82) is 0 Å². The van der Waals surface area contributed by atoms with E-state index < -0.39 is 11.4 Å². The smallest absolute Gasteiger partial charge is 0.322 e. The van der Waals surface area contributed by atoms with Crippen LogP contribution in [0.3, 0.4) is 0 Å². The highest BCUT2D eigenvalue weighted by atomic mass is 16.5. The van der Waals surface area contributed by atoms with Crippen LogP contribution < -0.4 is 5.32 Å². The van der Waals surface area contributed by atoms with E-state index in [2.05, 4.69) is 11.4 Å². The van der Waals surface area contributed by atoms with E-state index >= 15 is 0 Å². The van der Waals surface area contributed by atoms with Crippen molar-refractivity contribution in [2.45, 2.75) is 44.9 Å². The van der Waals surface area contributed by atoms with E-state index in [0.29, 0.717) is 6.42 Å². The molecule has 0 saturated carbocycles. The van der Waals surface area contributed by atoms with E-state index in [-0.39, 0.29) is 18.4 Å². The first-order valence-electron chi connectivity index (χ1n) is 10.5. The summed E-state index contributed by atoms with van der Waals surface area (Å²) in [4.78, 5) is 27.1. The summed E-state index contributed by atoms with van der Waals surface area (Å²) in [5.74, 6) is -1.02. The molecule has 1 N–H and O–H groups in total. The normalized spacial score (nSPS) is 23.6. The van der Waals surface area contributed by atoms with Gasteiger partial charge >= 0.3 is 5.97 Å². The van der Waals surface area contributed by atoms with Crippen LogP contribution in [-0.4, -0.2) is 18.5 Å². The number of hydrogen-bond acceptors (Lipinski definition) is 3. The standard InChI is InChI=1S/C25H27NO3/c1-2-29-24(28)25(17-18-11-5-3-6-12-18)22(19-13-7-4-8-14-19)20-15-9-10-16-21(20)26-23(25)27/h3,5-6,9-13,15-16,22H,2,4,7-8,14,17H2,1H3,(H,26,27)/t22-,25+/m0/s1. The number of anilines is 1. The molecule has 0 bridgehead atoms. The van der Waals surface area contributed by atoms with Crippen molar-refractivity contribution in [1.82, 2.24) is 0 Å². The summed E-state index contributed by atoms with van der Waals surface area (Å²) in [6.45, 7) is 2.04. The van der Waals surface area contributed by atoms with E-state index in [0.717, 1.165) is 42.5 Å². The molecule has 1 aliphatic heterocycles. The maximum absolute atomic E-state index is 13.6. The Kier molecular flexibility index (Phi) is 5.52. The van der Waals surface area contributed by atoms with Gasteiger partial charge in [0.1, 0.15) is 0 Å². The lowest BCUT2D eigenvalue weighted by Gasteiger charge is -2.43. The van der Waals surface area contributed by atoms with Crippen LogP contribution in [0.1, 0.15) is 49.7 Å². The Labute approximate surface area is 172 Å². The van der Waals surface area contributed by atoms with Gasteiger partial charge < -0.3 is 10.1 Å². The average molecular weight is 389 g/mol. The number of esters is 1. The molecule has 1 heterocycles. The zero-order chi connectivity index (χ0) is 20.3. The molecule has 29 heavy (non-hydrogen) atoms. The fraction of sp³-hybridized carbons (Fsp3) is 0.360. The van der Waals surface area contributed by atoms with Gasteiger partial charge in [-0.2, -0.15) is 0 Å². The Morgan fingerprint density at radius 2 is 1.86 bits per heavy atom. The summed E-state index contributed by atoms with van der Waals surface area (Å²) in [7, 11) is 0. The molecule has 2 aliphatic rings. The molecule has 0 radical (unpaired) electrons. The number of amides is 1. The molecule has 1 aliphatic carbocycles. The van der Waals surface area contributed by atoms with Crippen molar-refractivity contribution in [2.24, 2.45) is 5.41 Å². The number of para-hydroxylation sites is 1. The first kappa shape index (κ1) is 19.4. The summed E-state index contributed by atoms with van der Waals surface area (Å²) in [6, 6.07) is 17.6. The monoisotopic (exact) mass is 389 g/mol. The number of rotatable bonds is 5. The SMILES string of the molecule is CCOC(=O)[C@@]1(Cc2ccccc2)C(=O)Nc2ccccc2[C@@H]1C1=CCCCC1. The van der Waals surface area contributed by atoms with Crippen LogP contribution in [0.2, 0.25) is 0 Å². The maximum atomic E-state index is 13.6. The number of nitrogens with one attached hydrogen (secondary N) is 1. The number of benzene rings is 2. The summed E-state index contributed by atoms with van der Waals surface area (Å²) < 4.78 is 5.54. The lowest BCUT2D eigenvalue weighted by atomic mass is 9.61. The summed E-state index contributed by atoms with van der Waals surface area (Å²) >= 11 is 0. The van der Waals surface area contributed by atoms with Gasteiger partial charge in [-0.1, -0.05) is 60.2 Å². The highest BCUT2D eigenvalue weighted by molar-refractivity contribution is 6.12. The maximum Gasteiger partial charge on any atom is 0.322 e. The average Bonchev–Trinajstić information content (AvgIpc) is 2.75. The quantitative estimate of drug-likeness (QED) is 0.444. The van der Waals surface area contributed by atoms with E-state index in [1.807, 2.05) is 54.6 Å². The number of ether oxygens (including phenoxy) is 1. The highest BCUT2D eigenvalue weighted by Gasteiger charge is 2.57. The second kappa shape index (κ2) is 8.24. The summed E-state index contributed by atoms with van der Waals surface area (Å²) in [5, 5.41) is 3.01. The molecule has 0 fully saturated rings. The van der Waals surface area contributed by atoms with Gasteiger partial charge in [-0.25, -0.2) is 0 Å². The molecular formula is C25H27NO3. The molecule has 4 heteroatoms. The van der Waals surface area contributed by atoms with Crippen LogP contribution in [-0.2, 0) is 20.7 Å². The van der Waals surface area contributed by atoms with Crippen molar-refractivity contribution in [3.05, 3.63) is 77.4 Å². The molecule has 0 spiro atoms. The van der Waals surface area contributed by atoms with Crippen LogP contribution in [0.15, 0.2) is 66.2 Å². The highest BCUT2D eigenvalue weighted by Crippen LogP contribution is 2.52. The summed E-state index contributed by atoms with van der Waals surface area (Å²) in [6.07, 6.45) is 6.67. The number of allylic oxidation sites excluding steroid dienone is 2. The van der Waals surface area contributed by atoms with Gasteiger partial charge in [0.05, 0.1) is 6.61 Å². The fourth-order valence-corrected chi connectivity index (χ4v) is 4.78. The molecule has 2 aromatic carbocycles. The Bertz CT molecular complexity index is 934. The minimum absolute atomic E-state index is 0.246. The molecule has 2 aromatic rings. The lowest BCUT2D eigenvalue weighted by Crippen LogP contribution is -2.53. The van der Waals surface area contributed by atoms with Gasteiger partial charge in [-0.05, 0) is 56.2 Å². The van der Waals surface area contributed by atoms with Crippen LogP contribution >= 0.6 is 0 Å². The van der Waals surface area contributed by atoms with Gasteiger partial charge in [-0.3, -0.25) is 9.59 Å². The minimum atomic E-state index is -1.31. The second-order valence-corrected chi connectivity index (χ2v) is 7.85. The third kappa shape index (κ3) is 3.48. The minimum Gasteiger partial charge on any atom is -0.465 e. The largest absolute Gasteiger partial charge is 0.465 e. The van der Waals surface area contributed by atoms with Crippen LogP contribution in [0, 0.1) is 5.41 Å². The zero-order valence-electron chi connectivity index (χ0n) is 16.8. The first-order valence-corrected chi connectivity index (χ1v) is 10.5. The molecule has 4 rings (SSSR count). The van der Waals surface area contributed by atoms with E-state index in [4.69, 9.17) is 4.74 Å². The van der Waals surface area contributed by atoms with Crippen molar-refractivity contribution < 1.29 is 14.3 Å². The first-order chi connectivity index (χ1) is 14.2. The Balaban J connectivity index is 1.93. The lowest BCUT2D eigenvalue weighted by molar-refractivity contribution is -0.161. The van der Waals surface area contributed by atoms with Crippen LogP contribution in [0.25, 0.3) is 0 Å². The third-order valence-electron chi connectivity index (χ3n) is 6.08. The van der Waals surface area contributed by atoms with Gasteiger partial charge in [-0.15, -0.1) is 0 Å². The molecule has 0 aromatic heterocycles. The van der Waals surface area contributed by atoms with Gasteiger partial charge in [0, 0.05) is 11.6 Å². The Hall–Kier alpha value is -2.88. The number of hydrogen-bond donors (Lipinski definition) is 1. The number of fused-ring (bicyclic) bond motifs is 1. The van der Waals surface area contributed by atoms with Crippen molar-refractivity contribution >= 4 is 17.6 Å². The molecule has 0 unspecified atom stereocenters. The fourth-order valence-electron chi connectivity index (χ4n) is 4.78.